The summed E-state index contributed by atoms with van der Waals surface area (Å²) < 4.78 is 85.1. The van der Waals surface area contributed by atoms with Crippen LogP contribution in [-0.4, -0.2) is 161 Å². The molecule has 3 aliphatic heterocycles. The summed E-state index contributed by atoms with van der Waals surface area (Å²) in [6.45, 7) is 8.88. The number of nitrogens with one attached hydrogen (secondary N) is 2. The molecule has 17 nitrogen and oxygen atoms in total. The molecule has 0 spiro atoms. The lowest BCUT2D eigenvalue weighted by molar-refractivity contribution is -0.00970. The van der Waals surface area contributed by atoms with E-state index in [0.717, 1.165) is 136 Å². The van der Waals surface area contributed by atoms with Crippen molar-refractivity contribution in [3.63, 3.8) is 0 Å². The second-order valence-electron chi connectivity index (χ2n) is 27.0. The van der Waals surface area contributed by atoms with Crippen molar-refractivity contribution < 1.29 is 65.4 Å². The van der Waals surface area contributed by atoms with Gasteiger partial charge in [0.15, 0.2) is 0 Å². The van der Waals surface area contributed by atoms with E-state index in [1.807, 2.05) is 83.5 Å². The normalized spacial score (nSPS) is 27.1. The molecular formula is C79H115F3N6O11. The predicted octanol–water partition coefficient (Wildman–Crippen LogP) is 15.9. The number of nitrogens with zero attached hydrogens (tertiary/aromatic N) is 3. The molecule has 3 saturated heterocycles. The zero-order valence-electron chi connectivity index (χ0n) is 57.4. The number of methoxy groups -OCH3 is 5. The Morgan fingerprint density at radius 2 is 0.717 bits per heavy atom. The first-order valence-electron chi connectivity index (χ1n) is 34.6. The lowest BCUT2D eigenvalue weighted by Crippen LogP contribution is -2.49. The first kappa shape index (κ1) is 81.0. The van der Waals surface area contributed by atoms with Crippen LogP contribution in [0.25, 0.3) is 0 Å². The summed E-state index contributed by atoms with van der Waals surface area (Å²) in [4.78, 5) is 42.5. The zero-order valence-corrected chi connectivity index (χ0v) is 57.4. The van der Waals surface area contributed by atoms with Gasteiger partial charge in [-0.1, -0.05) is 82.9 Å². The van der Waals surface area contributed by atoms with Gasteiger partial charge in [-0.25, -0.2) is 27.6 Å². The van der Waals surface area contributed by atoms with Crippen LogP contribution in [0.15, 0.2) is 121 Å². The fourth-order valence-corrected chi connectivity index (χ4v) is 15.5. The van der Waals surface area contributed by atoms with E-state index in [2.05, 4.69) is 24.5 Å². The van der Waals surface area contributed by atoms with E-state index >= 15 is 0 Å². The molecule has 5 aromatic carbocycles. The highest BCUT2D eigenvalue weighted by molar-refractivity contribution is 5.70. The van der Waals surface area contributed by atoms with E-state index in [0.29, 0.717) is 50.7 Å². The molecule has 20 heteroatoms. The Labute approximate surface area is 588 Å². The lowest BCUT2D eigenvalue weighted by atomic mass is 9.82. The summed E-state index contributed by atoms with van der Waals surface area (Å²) in [6, 6.07) is 36.8. The molecule has 548 valence electrons. The highest BCUT2D eigenvalue weighted by Gasteiger charge is 2.45. The molecule has 3 saturated carbocycles. The van der Waals surface area contributed by atoms with E-state index < -0.39 is 0 Å². The number of amides is 3. The monoisotopic (exact) mass is 1380 g/mol. The highest BCUT2D eigenvalue weighted by Crippen LogP contribution is 2.39. The van der Waals surface area contributed by atoms with Crippen molar-refractivity contribution in [2.24, 2.45) is 5.73 Å². The van der Waals surface area contributed by atoms with E-state index in [1.165, 1.54) is 39.5 Å². The minimum Gasteiger partial charge on any atom is -0.497 e. The number of carbonyl (C=O) groups is 3. The van der Waals surface area contributed by atoms with Crippen LogP contribution in [0.4, 0.5) is 27.6 Å². The standard InChI is InChI=1S/2C28H37FN2O4.C20H29FN2O3.3CH4/c2*1-19-15-26(30-17-20-7-11-24(33-2)12-8-20)27(31(19)28(32)34-3)18-35-25-13-9-21(10-14-25)22-5-4-6-23(29)16-22;1-13-10-18(22)19(23(13)20(24)25-2)12-26-17-8-6-14(7-9-17)15-4-3-5-16(21)11-15;;;/h2*4-8,11-12,16,19,21,25-27,30H,9-10,13-15,17-18H2,1-3H3;3-5,11,13-14,17-19H,6-10,12,22H2,1-2H3;3*1H4/t2*19-,21?,25?,26+,27+;13-,14?,17?,18+,19+;;;/m111.../s1. The maximum Gasteiger partial charge on any atom is 0.410 e. The lowest BCUT2D eigenvalue weighted by Gasteiger charge is -2.33. The number of ether oxygens (including phenoxy) is 8. The number of rotatable bonds is 20. The molecule has 0 bridgehead atoms. The largest absolute Gasteiger partial charge is 0.497 e. The van der Waals surface area contributed by atoms with Gasteiger partial charge in [0.1, 0.15) is 29.0 Å². The molecule has 6 aliphatic rings. The number of nitrogens with two attached hydrogens (primary N) is 1. The summed E-state index contributed by atoms with van der Waals surface area (Å²) in [6.07, 6.45) is 13.5. The molecule has 0 unspecified atom stereocenters. The van der Waals surface area contributed by atoms with Crippen molar-refractivity contribution in [3.8, 4) is 11.5 Å². The maximum absolute atomic E-state index is 13.6. The van der Waals surface area contributed by atoms with Crippen molar-refractivity contribution in [3.05, 3.63) is 167 Å². The third-order valence-corrected chi connectivity index (χ3v) is 20.8. The molecule has 5 aromatic rings. The van der Waals surface area contributed by atoms with Crippen LogP contribution in [0.3, 0.4) is 0 Å². The predicted molar refractivity (Wildman–Crippen MR) is 384 cm³/mol. The van der Waals surface area contributed by atoms with Crippen LogP contribution in [0.5, 0.6) is 11.5 Å². The van der Waals surface area contributed by atoms with Crippen LogP contribution in [0.1, 0.15) is 185 Å². The molecule has 11 rings (SSSR count). The quantitative estimate of drug-likeness (QED) is 0.0625. The number of halogens is 3. The van der Waals surface area contributed by atoms with Crippen LogP contribution >= 0.6 is 0 Å². The maximum atomic E-state index is 13.6. The van der Waals surface area contributed by atoms with E-state index in [-0.39, 0.29) is 131 Å². The fourth-order valence-electron chi connectivity index (χ4n) is 15.5. The molecular weight excluding hydrogens is 1270 g/mol. The third-order valence-electron chi connectivity index (χ3n) is 20.8. The molecule has 6 fully saturated rings. The minimum absolute atomic E-state index is 0. The van der Waals surface area contributed by atoms with Crippen molar-refractivity contribution >= 4 is 18.3 Å². The molecule has 3 heterocycles. The smallest absolute Gasteiger partial charge is 0.410 e. The van der Waals surface area contributed by atoms with E-state index in [4.69, 9.17) is 43.6 Å². The van der Waals surface area contributed by atoms with Gasteiger partial charge in [0, 0.05) is 49.3 Å². The zero-order chi connectivity index (χ0) is 68.3. The Morgan fingerprint density at radius 1 is 0.424 bits per heavy atom. The number of hydrogen-bond donors (Lipinski definition) is 3. The summed E-state index contributed by atoms with van der Waals surface area (Å²) in [5.41, 5.74) is 11.8. The molecule has 3 aliphatic carbocycles. The van der Waals surface area contributed by atoms with Crippen LogP contribution in [0.2, 0.25) is 0 Å². The summed E-state index contributed by atoms with van der Waals surface area (Å²) in [5, 5.41) is 7.28. The summed E-state index contributed by atoms with van der Waals surface area (Å²) in [7, 11) is 7.57. The van der Waals surface area contributed by atoms with E-state index in [1.54, 1.807) is 55.5 Å². The summed E-state index contributed by atoms with van der Waals surface area (Å²) in [5.74, 6) is 2.29. The van der Waals surface area contributed by atoms with Gasteiger partial charge in [-0.2, -0.15) is 0 Å². The van der Waals surface area contributed by atoms with Gasteiger partial charge < -0.3 is 54.3 Å². The Morgan fingerprint density at radius 3 is 1.01 bits per heavy atom. The third kappa shape index (κ3) is 22.3. The van der Waals surface area contributed by atoms with Crippen LogP contribution in [-0.2, 0) is 41.5 Å². The van der Waals surface area contributed by atoms with Gasteiger partial charge in [0.2, 0.25) is 0 Å². The second-order valence-corrected chi connectivity index (χ2v) is 27.0. The second kappa shape index (κ2) is 39.9. The topological polar surface area (TPSA) is 185 Å². The van der Waals surface area contributed by atoms with Gasteiger partial charge in [-0.05, 0) is 223 Å². The molecule has 99 heavy (non-hydrogen) atoms. The molecule has 3 amide bonds. The molecule has 0 radical (unpaired) electrons. The Bertz CT molecular complexity index is 3050. The Hall–Kier alpha value is -6.94. The minimum atomic E-state index is -0.339. The van der Waals surface area contributed by atoms with Crippen LogP contribution < -0.4 is 25.8 Å². The number of hydrogen-bond acceptors (Lipinski definition) is 14. The molecule has 0 aromatic heterocycles. The van der Waals surface area contributed by atoms with Crippen molar-refractivity contribution in [2.45, 2.75) is 243 Å². The van der Waals surface area contributed by atoms with Crippen molar-refractivity contribution in [1.29, 1.82) is 0 Å². The Balaban J connectivity index is 0.000000233. The fraction of sp³-hybridized carbons (Fsp3) is 0.582. The molecule has 4 N–H and O–H groups in total. The molecule has 9 atom stereocenters. The highest BCUT2D eigenvalue weighted by atomic mass is 19.1. The van der Waals surface area contributed by atoms with Gasteiger partial charge in [0.05, 0.1) is 91.8 Å². The van der Waals surface area contributed by atoms with Gasteiger partial charge >= 0.3 is 18.3 Å². The van der Waals surface area contributed by atoms with E-state index in [9.17, 15) is 27.6 Å². The first-order chi connectivity index (χ1) is 46.4. The average Bonchev–Trinajstić information content (AvgIpc) is 1.63. The Kier molecular flexibility index (Phi) is 32.7. The number of likely N-dealkylation sites (tertiary alicyclic amines) is 3. The van der Waals surface area contributed by atoms with Gasteiger partial charge in [0.25, 0.3) is 0 Å². The van der Waals surface area contributed by atoms with Gasteiger partial charge in [-0.15, -0.1) is 0 Å². The summed E-state index contributed by atoms with van der Waals surface area (Å²) >= 11 is 0. The van der Waals surface area contributed by atoms with Gasteiger partial charge in [-0.3, -0.25) is 14.7 Å². The average molecular weight is 1380 g/mol. The number of benzene rings is 5. The van der Waals surface area contributed by atoms with Crippen molar-refractivity contribution in [1.82, 2.24) is 25.3 Å². The first-order valence-corrected chi connectivity index (χ1v) is 34.6. The van der Waals surface area contributed by atoms with Crippen molar-refractivity contribution in [2.75, 3.05) is 55.4 Å². The SMILES string of the molecule is C.C.C.COC(=O)N1[C@H](C)C[C@H](N)[C@@H]1COC1CCC(c2cccc(F)c2)CC1.COC(=O)N1[C@H](C)C[C@H](NCc2ccc(OC)cc2)[C@@H]1COC1CCC(c2cccc(F)c2)CC1.COC(=O)N1[C@H](C)C[C@H](NCc2ccc(OC)cc2)[C@@H]1COC1CCC(c2cccc(F)c2)CC1. The number of carbonyl (C=O) groups excluding carboxylic acids is 3. The van der Waals surface area contributed by atoms with Crippen LogP contribution in [0, 0.1) is 17.5 Å².